The zero-order chi connectivity index (χ0) is 24.0. The molecule has 0 spiro atoms. The number of rotatable bonds is 9. The van der Waals surface area contributed by atoms with Crippen LogP contribution in [0, 0.1) is 5.92 Å². The van der Waals surface area contributed by atoms with Crippen molar-refractivity contribution in [3.05, 3.63) is 60.2 Å². The van der Waals surface area contributed by atoms with E-state index in [0.717, 1.165) is 11.3 Å². The van der Waals surface area contributed by atoms with Crippen molar-refractivity contribution in [3.63, 3.8) is 0 Å². The van der Waals surface area contributed by atoms with Crippen molar-refractivity contribution in [1.82, 2.24) is 4.90 Å². The number of amides is 4. The molecule has 1 saturated heterocycles. The predicted octanol–water partition coefficient (Wildman–Crippen LogP) is 4.08. The highest BCUT2D eigenvalue weighted by molar-refractivity contribution is 6.22. The topological polar surface area (TPSA) is 96.0 Å². The van der Waals surface area contributed by atoms with Gasteiger partial charge in [-0.3, -0.25) is 9.59 Å². The van der Waals surface area contributed by atoms with Crippen molar-refractivity contribution >= 4 is 35.2 Å². The summed E-state index contributed by atoms with van der Waals surface area (Å²) in [6.45, 7) is 6.47. The minimum atomic E-state index is -0.879. The number of benzene rings is 2. The van der Waals surface area contributed by atoms with Gasteiger partial charge in [-0.15, -0.1) is 0 Å². The Morgan fingerprint density at radius 1 is 1.03 bits per heavy atom. The van der Waals surface area contributed by atoms with Gasteiger partial charge in [-0.05, 0) is 55.7 Å². The van der Waals surface area contributed by atoms with Crippen LogP contribution in [0.5, 0.6) is 0 Å². The Labute approximate surface area is 193 Å². The van der Waals surface area contributed by atoms with Crippen LogP contribution in [0.15, 0.2) is 54.6 Å². The number of para-hydroxylation sites is 1. The smallest absolute Gasteiger partial charge is 0.338 e. The quantitative estimate of drug-likeness (QED) is 0.458. The molecule has 3 rings (SSSR count). The first-order valence-corrected chi connectivity index (χ1v) is 11.1. The van der Waals surface area contributed by atoms with Crippen LogP contribution in [0.2, 0.25) is 0 Å². The third-order valence-corrected chi connectivity index (χ3v) is 5.34. The monoisotopic (exact) mass is 451 g/mol. The molecule has 1 unspecified atom stereocenters. The van der Waals surface area contributed by atoms with Gasteiger partial charge in [0.2, 0.25) is 5.91 Å². The van der Waals surface area contributed by atoms with E-state index in [9.17, 15) is 19.2 Å². The fraction of sp³-hybridized carbons (Fsp3) is 0.360. The third-order valence-electron chi connectivity index (χ3n) is 5.34. The normalized spacial score (nSPS) is 15.8. The summed E-state index contributed by atoms with van der Waals surface area (Å²) in [6.07, 6.45) is 0.556. The summed E-state index contributed by atoms with van der Waals surface area (Å²) in [5.74, 6) is -0.907. The van der Waals surface area contributed by atoms with Gasteiger partial charge in [-0.25, -0.2) is 14.5 Å². The molecule has 4 amide bonds. The molecule has 8 heteroatoms. The Morgan fingerprint density at radius 3 is 2.30 bits per heavy atom. The van der Waals surface area contributed by atoms with Crippen molar-refractivity contribution in [1.29, 1.82) is 0 Å². The lowest BCUT2D eigenvalue weighted by Crippen LogP contribution is -2.39. The molecular weight excluding hydrogens is 422 g/mol. The van der Waals surface area contributed by atoms with Gasteiger partial charge in [0.15, 0.2) is 0 Å². The second kappa shape index (κ2) is 10.8. The molecule has 0 aliphatic carbocycles. The van der Waals surface area contributed by atoms with E-state index in [1.165, 1.54) is 4.90 Å². The standard InChI is InChI=1S/C25H29N3O5/c1-4-33-24(31)18-10-12-19(13-11-18)26-22(29)16-21-23(30)28(20-8-6-5-7-9-20)25(32)27(21)15-14-17(2)3/h5-13,17,21H,4,14-16H2,1-3H3,(H,26,29). The number of nitrogens with zero attached hydrogens (tertiary/aromatic N) is 2. The number of ether oxygens (including phenoxy) is 1. The largest absolute Gasteiger partial charge is 0.462 e. The lowest BCUT2D eigenvalue weighted by atomic mass is 10.1. The average molecular weight is 452 g/mol. The molecule has 1 atom stereocenters. The highest BCUT2D eigenvalue weighted by Gasteiger charge is 2.46. The summed E-state index contributed by atoms with van der Waals surface area (Å²) in [6, 6.07) is 13.7. The van der Waals surface area contributed by atoms with Gasteiger partial charge in [0, 0.05) is 12.2 Å². The summed E-state index contributed by atoms with van der Waals surface area (Å²) >= 11 is 0. The highest BCUT2D eigenvalue weighted by Crippen LogP contribution is 2.27. The lowest BCUT2D eigenvalue weighted by Gasteiger charge is -2.22. The Hall–Kier alpha value is -3.68. The second-order valence-corrected chi connectivity index (χ2v) is 8.23. The first kappa shape index (κ1) is 24.0. The van der Waals surface area contributed by atoms with Crippen molar-refractivity contribution < 1.29 is 23.9 Å². The molecule has 1 aliphatic rings. The molecule has 0 aromatic heterocycles. The van der Waals surface area contributed by atoms with E-state index in [-0.39, 0.29) is 13.0 Å². The first-order valence-electron chi connectivity index (χ1n) is 11.1. The maximum absolute atomic E-state index is 13.2. The number of esters is 1. The van der Waals surface area contributed by atoms with Crippen molar-refractivity contribution in [3.8, 4) is 0 Å². The first-order chi connectivity index (χ1) is 15.8. The second-order valence-electron chi connectivity index (χ2n) is 8.23. The molecular formula is C25H29N3O5. The molecule has 2 aromatic carbocycles. The summed E-state index contributed by atoms with van der Waals surface area (Å²) in [5, 5.41) is 2.74. The summed E-state index contributed by atoms with van der Waals surface area (Å²) in [4.78, 5) is 53.4. The maximum Gasteiger partial charge on any atom is 0.338 e. The summed E-state index contributed by atoms with van der Waals surface area (Å²) in [7, 11) is 0. The number of urea groups is 1. The fourth-order valence-electron chi connectivity index (χ4n) is 3.59. The van der Waals surface area contributed by atoms with Gasteiger partial charge < -0.3 is 15.0 Å². The molecule has 0 bridgehead atoms. The number of imide groups is 1. The molecule has 0 saturated carbocycles. The number of hydrogen-bond donors (Lipinski definition) is 1. The van der Waals surface area contributed by atoms with Crippen LogP contribution in [0.1, 0.15) is 44.0 Å². The fourth-order valence-corrected chi connectivity index (χ4v) is 3.59. The van der Waals surface area contributed by atoms with E-state index in [1.807, 2.05) is 19.9 Å². The molecule has 33 heavy (non-hydrogen) atoms. The van der Waals surface area contributed by atoms with E-state index in [1.54, 1.807) is 55.5 Å². The Bertz CT molecular complexity index is 1000. The van der Waals surface area contributed by atoms with E-state index in [0.29, 0.717) is 29.4 Å². The Balaban J connectivity index is 1.73. The number of nitrogens with one attached hydrogen (secondary N) is 1. The van der Waals surface area contributed by atoms with E-state index >= 15 is 0 Å². The molecule has 1 aliphatic heterocycles. The molecule has 8 nitrogen and oxygen atoms in total. The number of carbonyl (C=O) groups is 4. The number of anilines is 2. The van der Waals surface area contributed by atoms with Crippen LogP contribution in [-0.4, -0.2) is 47.9 Å². The van der Waals surface area contributed by atoms with Crippen LogP contribution < -0.4 is 10.2 Å². The van der Waals surface area contributed by atoms with E-state index in [4.69, 9.17) is 4.74 Å². The molecule has 2 aromatic rings. The van der Waals surface area contributed by atoms with Crippen molar-refractivity contribution in [2.75, 3.05) is 23.4 Å². The summed E-state index contributed by atoms with van der Waals surface area (Å²) < 4.78 is 4.95. The van der Waals surface area contributed by atoms with Crippen LogP contribution in [-0.2, 0) is 14.3 Å². The molecule has 174 valence electrons. The molecule has 1 fully saturated rings. The zero-order valence-corrected chi connectivity index (χ0v) is 19.1. The van der Waals surface area contributed by atoms with Crippen molar-refractivity contribution in [2.24, 2.45) is 5.92 Å². The third kappa shape index (κ3) is 5.77. The molecule has 1 heterocycles. The highest BCUT2D eigenvalue weighted by atomic mass is 16.5. The minimum Gasteiger partial charge on any atom is -0.462 e. The van der Waals surface area contributed by atoms with Gasteiger partial charge in [-0.2, -0.15) is 0 Å². The average Bonchev–Trinajstić information content (AvgIpc) is 3.02. The number of hydrogen-bond acceptors (Lipinski definition) is 5. The van der Waals surface area contributed by atoms with Gasteiger partial charge in [0.25, 0.3) is 5.91 Å². The van der Waals surface area contributed by atoms with Gasteiger partial charge >= 0.3 is 12.0 Å². The maximum atomic E-state index is 13.2. The van der Waals surface area contributed by atoms with Crippen LogP contribution >= 0.6 is 0 Å². The molecule has 1 N–H and O–H groups in total. The van der Waals surface area contributed by atoms with Crippen molar-refractivity contribution in [2.45, 2.75) is 39.7 Å². The Morgan fingerprint density at radius 2 is 1.70 bits per heavy atom. The Kier molecular flexibility index (Phi) is 7.82. The van der Waals surface area contributed by atoms with Crippen LogP contribution in [0.4, 0.5) is 16.2 Å². The molecule has 0 radical (unpaired) electrons. The van der Waals surface area contributed by atoms with Gasteiger partial charge in [-0.1, -0.05) is 32.0 Å². The number of carbonyl (C=O) groups excluding carboxylic acids is 4. The SMILES string of the molecule is CCOC(=O)c1ccc(NC(=O)CC2C(=O)N(c3ccccc3)C(=O)N2CCC(C)C)cc1. The van der Waals surface area contributed by atoms with E-state index < -0.39 is 29.9 Å². The summed E-state index contributed by atoms with van der Waals surface area (Å²) in [5.41, 5.74) is 1.35. The predicted molar refractivity (Wildman–Crippen MR) is 125 cm³/mol. The zero-order valence-electron chi connectivity index (χ0n) is 19.1. The lowest BCUT2D eigenvalue weighted by molar-refractivity contribution is -0.124. The van der Waals surface area contributed by atoms with Crippen LogP contribution in [0.3, 0.4) is 0 Å². The van der Waals surface area contributed by atoms with Gasteiger partial charge in [0.1, 0.15) is 6.04 Å². The van der Waals surface area contributed by atoms with Crippen LogP contribution in [0.25, 0.3) is 0 Å². The van der Waals surface area contributed by atoms with E-state index in [2.05, 4.69) is 5.32 Å². The minimum absolute atomic E-state index is 0.161. The van der Waals surface area contributed by atoms with Gasteiger partial charge in [0.05, 0.1) is 24.3 Å².